The van der Waals surface area contributed by atoms with E-state index in [-0.39, 0.29) is 11.7 Å². The minimum atomic E-state index is -0.569. The Balaban J connectivity index is 1.96. The van der Waals surface area contributed by atoms with Crippen LogP contribution < -0.4 is 5.32 Å². The first kappa shape index (κ1) is 14.9. The molecule has 0 aliphatic carbocycles. The van der Waals surface area contributed by atoms with E-state index >= 15 is 0 Å². The normalized spacial score (nSPS) is 11.9. The number of amides is 1. The first-order valence-electron chi connectivity index (χ1n) is 7.10. The lowest BCUT2D eigenvalue weighted by atomic mass is 10.1. The summed E-state index contributed by atoms with van der Waals surface area (Å²) in [6.07, 6.45) is 4.95. The SMILES string of the molecule is Cn1ccnc1[C@@H](NC(=O)c1ccccn1)c1cccc(F)c1. The molecule has 0 unspecified atom stereocenters. The van der Waals surface area contributed by atoms with Crippen LogP contribution in [0.1, 0.15) is 27.9 Å². The maximum atomic E-state index is 13.6. The Hall–Kier alpha value is -3.02. The molecule has 0 radical (unpaired) electrons. The fourth-order valence-corrected chi connectivity index (χ4v) is 2.34. The van der Waals surface area contributed by atoms with Gasteiger partial charge in [-0.2, -0.15) is 0 Å². The van der Waals surface area contributed by atoms with Crippen molar-refractivity contribution in [3.63, 3.8) is 0 Å². The summed E-state index contributed by atoms with van der Waals surface area (Å²) in [6.45, 7) is 0. The van der Waals surface area contributed by atoms with Crippen LogP contribution in [0.4, 0.5) is 4.39 Å². The van der Waals surface area contributed by atoms with Crippen molar-refractivity contribution in [2.24, 2.45) is 7.05 Å². The van der Waals surface area contributed by atoms with Gasteiger partial charge in [-0.15, -0.1) is 0 Å². The van der Waals surface area contributed by atoms with Crippen molar-refractivity contribution in [3.8, 4) is 0 Å². The van der Waals surface area contributed by atoms with Crippen LogP contribution in [0.5, 0.6) is 0 Å². The molecule has 5 nitrogen and oxygen atoms in total. The van der Waals surface area contributed by atoms with Gasteiger partial charge in [-0.1, -0.05) is 18.2 Å². The predicted octanol–water partition coefficient (Wildman–Crippen LogP) is 2.47. The maximum Gasteiger partial charge on any atom is 0.270 e. The van der Waals surface area contributed by atoms with Crippen molar-refractivity contribution in [3.05, 3.63) is 84.0 Å². The van der Waals surface area contributed by atoms with Crippen LogP contribution in [-0.2, 0) is 7.05 Å². The molecule has 0 fully saturated rings. The number of carbonyl (C=O) groups excluding carboxylic acids is 1. The number of hydrogen-bond acceptors (Lipinski definition) is 3. The summed E-state index contributed by atoms with van der Waals surface area (Å²) < 4.78 is 15.4. The maximum absolute atomic E-state index is 13.6. The quantitative estimate of drug-likeness (QED) is 0.805. The molecular weight excluding hydrogens is 295 g/mol. The largest absolute Gasteiger partial charge is 0.337 e. The molecule has 0 bridgehead atoms. The fraction of sp³-hybridized carbons (Fsp3) is 0.118. The lowest BCUT2D eigenvalue weighted by Crippen LogP contribution is -2.31. The van der Waals surface area contributed by atoms with Crippen LogP contribution in [0, 0.1) is 5.82 Å². The predicted molar refractivity (Wildman–Crippen MR) is 83.2 cm³/mol. The van der Waals surface area contributed by atoms with E-state index in [2.05, 4.69) is 15.3 Å². The second-order valence-electron chi connectivity index (χ2n) is 5.07. The number of rotatable bonds is 4. The van der Waals surface area contributed by atoms with Gasteiger partial charge < -0.3 is 9.88 Å². The molecular formula is C17H15FN4O. The molecule has 1 atom stereocenters. The lowest BCUT2D eigenvalue weighted by molar-refractivity contribution is 0.0936. The third kappa shape index (κ3) is 3.26. The van der Waals surface area contributed by atoms with Gasteiger partial charge in [-0.05, 0) is 29.8 Å². The molecule has 0 aliphatic rings. The number of imidazole rings is 1. The number of nitrogens with zero attached hydrogens (tertiary/aromatic N) is 3. The molecule has 116 valence electrons. The minimum absolute atomic E-state index is 0.295. The Morgan fingerprint density at radius 2 is 2.04 bits per heavy atom. The molecule has 0 saturated carbocycles. The Morgan fingerprint density at radius 1 is 1.17 bits per heavy atom. The van der Waals surface area contributed by atoms with Crippen LogP contribution in [0.25, 0.3) is 0 Å². The number of aryl methyl sites for hydroxylation is 1. The average Bonchev–Trinajstić information content (AvgIpc) is 2.99. The molecule has 2 heterocycles. The number of nitrogens with one attached hydrogen (secondary N) is 1. The number of pyridine rings is 1. The zero-order valence-electron chi connectivity index (χ0n) is 12.5. The fourth-order valence-electron chi connectivity index (χ4n) is 2.34. The van der Waals surface area contributed by atoms with Crippen molar-refractivity contribution >= 4 is 5.91 Å². The number of halogens is 1. The molecule has 3 rings (SSSR count). The van der Waals surface area contributed by atoms with Crippen LogP contribution in [0.2, 0.25) is 0 Å². The Morgan fingerprint density at radius 3 is 2.70 bits per heavy atom. The molecule has 0 spiro atoms. The highest BCUT2D eigenvalue weighted by Gasteiger charge is 2.22. The zero-order chi connectivity index (χ0) is 16.2. The highest BCUT2D eigenvalue weighted by Crippen LogP contribution is 2.21. The third-order valence-electron chi connectivity index (χ3n) is 3.47. The number of aromatic nitrogens is 3. The van der Waals surface area contributed by atoms with Gasteiger partial charge in [0.15, 0.2) is 0 Å². The van der Waals surface area contributed by atoms with Crippen molar-refractivity contribution in [1.29, 1.82) is 0 Å². The smallest absolute Gasteiger partial charge is 0.270 e. The van der Waals surface area contributed by atoms with Crippen LogP contribution >= 0.6 is 0 Å². The van der Waals surface area contributed by atoms with Crippen molar-refractivity contribution in [1.82, 2.24) is 19.9 Å². The minimum Gasteiger partial charge on any atom is -0.337 e. The monoisotopic (exact) mass is 310 g/mol. The molecule has 2 aromatic heterocycles. The lowest BCUT2D eigenvalue weighted by Gasteiger charge is -2.19. The first-order valence-corrected chi connectivity index (χ1v) is 7.10. The molecule has 0 aliphatic heterocycles. The first-order chi connectivity index (χ1) is 11.1. The number of hydrogen-bond donors (Lipinski definition) is 1. The Labute approximate surface area is 132 Å². The van der Waals surface area contributed by atoms with Crippen LogP contribution in [-0.4, -0.2) is 20.4 Å². The second kappa shape index (κ2) is 6.39. The highest BCUT2D eigenvalue weighted by atomic mass is 19.1. The van der Waals surface area contributed by atoms with E-state index in [0.717, 1.165) is 0 Å². The molecule has 1 N–H and O–H groups in total. The molecule has 1 aromatic carbocycles. The molecule has 6 heteroatoms. The van der Waals surface area contributed by atoms with E-state index in [1.54, 1.807) is 53.5 Å². The van der Waals surface area contributed by atoms with Gasteiger partial charge in [0.05, 0.1) is 0 Å². The van der Waals surface area contributed by atoms with Crippen LogP contribution in [0.15, 0.2) is 61.1 Å². The van der Waals surface area contributed by atoms with Gasteiger partial charge in [0.2, 0.25) is 0 Å². The number of benzene rings is 1. The summed E-state index contributed by atoms with van der Waals surface area (Å²) >= 11 is 0. The van der Waals surface area contributed by atoms with Crippen molar-refractivity contribution in [2.75, 3.05) is 0 Å². The van der Waals surface area contributed by atoms with E-state index in [4.69, 9.17) is 0 Å². The average molecular weight is 310 g/mol. The zero-order valence-corrected chi connectivity index (χ0v) is 12.5. The van der Waals surface area contributed by atoms with Gasteiger partial charge in [-0.25, -0.2) is 9.37 Å². The summed E-state index contributed by atoms with van der Waals surface area (Å²) in [5.41, 5.74) is 0.909. The van der Waals surface area contributed by atoms with E-state index in [9.17, 15) is 9.18 Å². The van der Waals surface area contributed by atoms with E-state index < -0.39 is 6.04 Å². The van der Waals surface area contributed by atoms with E-state index in [1.807, 2.05) is 7.05 Å². The summed E-state index contributed by atoms with van der Waals surface area (Å²) in [6, 6.07) is 10.6. The Kier molecular flexibility index (Phi) is 4.14. The summed E-state index contributed by atoms with van der Waals surface area (Å²) in [5, 5.41) is 2.87. The van der Waals surface area contributed by atoms with Gasteiger partial charge >= 0.3 is 0 Å². The Bertz CT molecular complexity index is 816. The van der Waals surface area contributed by atoms with Gasteiger partial charge in [0, 0.05) is 25.6 Å². The highest BCUT2D eigenvalue weighted by molar-refractivity contribution is 5.92. The summed E-state index contributed by atoms with van der Waals surface area (Å²) in [4.78, 5) is 20.7. The summed E-state index contributed by atoms with van der Waals surface area (Å²) in [5.74, 6) is -0.100. The molecule has 23 heavy (non-hydrogen) atoms. The van der Waals surface area contributed by atoms with Crippen LogP contribution in [0.3, 0.4) is 0 Å². The molecule has 0 saturated heterocycles. The third-order valence-corrected chi connectivity index (χ3v) is 3.47. The van der Waals surface area contributed by atoms with Crippen molar-refractivity contribution < 1.29 is 9.18 Å². The second-order valence-corrected chi connectivity index (χ2v) is 5.07. The molecule has 3 aromatic rings. The van der Waals surface area contributed by atoms with Gasteiger partial charge in [-0.3, -0.25) is 9.78 Å². The van der Waals surface area contributed by atoms with Gasteiger partial charge in [0.25, 0.3) is 5.91 Å². The molecule has 1 amide bonds. The topological polar surface area (TPSA) is 59.8 Å². The van der Waals surface area contributed by atoms with Gasteiger partial charge in [0.1, 0.15) is 23.4 Å². The standard InChI is InChI=1S/C17H15FN4O/c1-22-10-9-20-16(22)15(12-5-4-6-13(18)11-12)21-17(23)14-7-2-3-8-19-14/h2-11,15H,1H3,(H,21,23)/t15-/m0/s1. The van der Waals surface area contributed by atoms with Crippen molar-refractivity contribution in [2.45, 2.75) is 6.04 Å². The number of carbonyl (C=O) groups is 1. The summed E-state index contributed by atoms with van der Waals surface area (Å²) in [7, 11) is 1.82. The van der Waals surface area contributed by atoms with E-state index in [0.29, 0.717) is 17.1 Å². The van der Waals surface area contributed by atoms with E-state index in [1.165, 1.54) is 12.1 Å².